The SMILES string of the molecule is CC(C)[C@@H]1C[C@]2(C)C(C#N)[C@@]3(C)CC[C@H]2[C@@H]1C3. The van der Waals surface area contributed by atoms with E-state index in [1.165, 1.54) is 25.7 Å². The van der Waals surface area contributed by atoms with Gasteiger partial charge >= 0.3 is 0 Å². The van der Waals surface area contributed by atoms with Gasteiger partial charge in [0.15, 0.2) is 0 Å². The topological polar surface area (TPSA) is 23.8 Å². The van der Waals surface area contributed by atoms with E-state index in [1.54, 1.807) is 0 Å². The fourth-order valence-corrected chi connectivity index (χ4v) is 5.98. The van der Waals surface area contributed by atoms with Crippen LogP contribution in [0.3, 0.4) is 0 Å². The number of hydrogen-bond donors (Lipinski definition) is 0. The van der Waals surface area contributed by atoms with Crippen LogP contribution in [0, 0.1) is 51.8 Å². The second kappa shape index (κ2) is 3.28. The number of rotatable bonds is 1. The van der Waals surface area contributed by atoms with Crippen molar-refractivity contribution >= 4 is 0 Å². The molecular weight excluding hydrogens is 206 g/mol. The molecule has 0 aromatic rings. The molecule has 4 aliphatic carbocycles. The van der Waals surface area contributed by atoms with E-state index in [-0.39, 0.29) is 0 Å². The molecule has 94 valence electrons. The average molecular weight is 231 g/mol. The van der Waals surface area contributed by atoms with Gasteiger partial charge in [0.2, 0.25) is 0 Å². The van der Waals surface area contributed by atoms with Gasteiger partial charge < -0.3 is 0 Å². The minimum Gasteiger partial charge on any atom is -0.198 e. The van der Waals surface area contributed by atoms with Crippen LogP contribution >= 0.6 is 0 Å². The van der Waals surface area contributed by atoms with E-state index in [0.717, 1.165) is 23.7 Å². The summed E-state index contributed by atoms with van der Waals surface area (Å²) in [6.45, 7) is 9.58. The molecule has 0 aliphatic heterocycles. The van der Waals surface area contributed by atoms with Crippen molar-refractivity contribution in [1.29, 1.82) is 5.26 Å². The quantitative estimate of drug-likeness (QED) is 0.662. The highest BCUT2D eigenvalue weighted by Gasteiger charge is 2.66. The number of nitriles is 1. The summed E-state index contributed by atoms with van der Waals surface area (Å²) in [4.78, 5) is 0. The molecule has 1 unspecified atom stereocenters. The molecule has 0 saturated heterocycles. The standard InChI is InChI=1S/C16H25N/c1-10(2)11-8-16(4)13-5-6-15(3,7-12(11)13)14(16)9-17/h10-14H,5-8H2,1-4H3/t11-,12+,13-,14?,15-,16-/m0/s1. The highest BCUT2D eigenvalue weighted by atomic mass is 14.7. The summed E-state index contributed by atoms with van der Waals surface area (Å²) < 4.78 is 0. The van der Waals surface area contributed by atoms with Gasteiger partial charge in [0.05, 0.1) is 12.0 Å². The fourth-order valence-electron chi connectivity index (χ4n) is 5.98. The average Bonchev–Trinajstić information content (AvgIpc) is 2.48. The van der Waals surface area contributed by atoms with E-state index in [4.69, 9.17) is 0 Å². The summed E-state index contributed by atoms with van der Waals surface area (Å²) >= 11 is 0. The van der Waals surface area contributed by atoms with E-state index < -0.39 is 0 Å². The van der Waals surface area contributed by atoms with Gasteiger partial charge in [0, 0.05) is 0 Å². The molecule has 4 aliphatic rings. The van der Waals surface area contributed by atoms with Crippen LogP contribution < -0.4 is 0 Å². The molecule has 0 heterocycles. The van der Waals surface area contributed by atoms with Crippen molar-refractivity contribution in [2.45, 2.75) is 53.4 Å². The summed E-state index contributed by atoms with van der Waals surface area (Å²) in [7, 11) is 0. The van der Waals surface area contributed by atoms with Crippen LogP contribution in [0.4, 0.5) is 0 Å². The first-order valence-corrected chi connectivity index (χ1v) is 7.32. The molecule has 4 fully saturated rings. The zero-order chi connectivity index (χ0) is 12.4. The van der Waals surface area contributed by atoms with E-state index >= 15 is 0 Å². The van der Waals surface area contributed by atoms with Crippen LogP contribution in [0.1, 0.15) is 53.4 Å². The third kappa shape index (κ3) is 1.25. The smallest absolute Gasteiger partial charge is 0.0667 e. The Balaban J connectivity index is 2.05. The second-order valence-corrected chi connectivity index (χ2v) is 7.85. The summed E-state index contributed by atoms with van der Waals surface area (Å²) in [6, 6.07) is 2.70. The van der Waals surface area contributed by atoms with Crippen molar-refractivity contribution in [3.05, 3.63) is 0 Å². The van der Waals surface area contributed by atoms with E-state index in [0.29, 0.717) is 16.7 Å². The lowest BCUT2D eigenvalue weighted by Crippen LogP contribution is -2.52. The van der Waals surface area contributed by atoms with Crippen LogP contribution in [0.15, 0.2) is 0 Å². The van der Waals surface area contributed by atoms with Crippen LogP contribution in [-0.4, -0.2) is 0 Å². The zero-order valence-corrected chi connectivity index (χ0v) is 11.7. The lowest BCUT2D eigenvalue weighted by Gasteiger charge is -2.57. The minimum atomic E-state index is 0.314. The molecule has 6 atom stereocenters. The molecule has 0 aromatic heterocycles. The zero-order valence-electron chi connectivity index (χ0n) is 11.7. The minimum absolute atomic E-state index is 0.314. The Labute approximate surface area is 106 Å². The molecule has 1 heteroatoms. The second-order valence-electron chi connectivity index (χ2n) is 7.85. The van der Waals surface area contributed by atoms with Gasteiger partial charge in [-0.3, -0.25) is 0 Å². The maximum Gasteiger partial charge on any atom is 0.0667 e. The Morgan fingerprint density at radius 3 is 2.53 bits per heavy atom. The number of hydrogen-bond acceptors (Lipinski definition) is 1. The van der Waals surface area contributed by atoms with Gasteiger partial charge in [-0.15, -0.1) is 0 Å². The van der Waals surface area contributed by atoms with Crippen LogP contribution in [0.2, 0.25) is 0 Å². The Morgan fingerprint density at radius 2 is 1.94 bits per heavy atom. The molecule has 4 bridgehead atoms. The summed E-state index contributed by atoms with van der Waals surface area (Å²) in [6.07, 6.45) is 5.33. The van der Waals surface area contributed by atoms with Gasteiger partial charge in [-0.05, 0) is 60.2 Å². The molecule has 17 heavy (non-hydrogen) atoms. The van der Waals surface area contributed by atoms with Crippen molar-refractivity contribution in [1.82, 2.24) is 0 Å². The lowest BCUT2D eigenvalue weighted by atomic mass is 9.45. The maximum atomic E-state index is 9.64. The maximum absolute atomic E-state index is 9.64. The summed E-state index contributed by atoms with van der Waals surface area (Å²) in [5.41, 5.74) is 0.659. The van der Waals surface area contributed by atoms with Gasteiger partial charge in [-0.25, -0.2) is 0 Å². The molecular formula is C16H25N. The number of fused-ring (bicyclic) bond motifs is 1. The van der Waals surface area contributed by atoms with E-state index in [9.17, 15) is 5.26 Å². The third-order valence-corrected chi connectivity index (χ3v) is 6.66. The predicted molar refractivity (Wildman–Crippen MR) is 69.1 cm³/mol. The molecule has 4 saturated carbocycles. The third-order valence-electron chi connectivity index (χ3n) is 6.66. The Hall–Kier alpha value is -0.510. The summed E-state index contributed by atoms with van der Waals surface area (Å²) in [5.74, 6) is 3.76. The van der Waals surface area contributed by atoms with Crippen molar-refractivity contribution in [2.75, 3.05) is 0 Å². The molecule has 0 spiro atoms. The first-order chi connectivity index (χ1) is 7.92. The highest BCUT2D eigenvalue weighted by Crippen LogP contribution is 2.72. The van der Waals surface area contributed by atoms with Crippen molar-refractivity contribution in [3.63, 3.8) is 0 Å². The van der Waals surface area contributed by atoms with Crippen molar-refractivity contribution in [2.24, 2.45) is 40.4 Å². The van der Waals surface area contributed by atoms with Crippen LogP contribution in [0.25, 0.3) is 0 Å². The van der Waals surface area contributed by atoms with Gasteiger partial charge in [-0.2, -0.15) is 5.26 Å². The molecule has 4 rings (SSSR count). The van der Waals surface area contributed by atoms with Crippen molar-refractivity contribution in [3.8, 4) is 6.07 Å². The first-order valence-electron chi connectivity index (χ1n) is 7.32. The predicted octanol–water partition coefficient (Wildman–Crippen LogP) is 4.24. The van der Waals surface area contributed by atoms with Crippen LogP contribution in [-0.2, 0) is 0 Å². The molecule has 0 aromatic carbocycles. The summed E-state index contributed by atoms with van der Waals surface area (Å²) in [5, 5.41) is 9.64. The molecule has 1 nitrogen and oxygen atoms in total. The fraction of sp³-hybridized carbons (Fsp3) is 0.938. The Morgan fingerprint density at radius 1 is 1.24 bits per heavy atom. The molecule has 0 N–H and O–H groups in total. The van der Waals surface area contributed by atoms with Gasteiger partial charge in [0.25, 0.3) is 0 Å². The van der Waals surface area contributed by atoms with Gasteiger partial charge in [0.1, 0.15) is 0 Å². The highest BCUT2D eigenvalue weighted by molar-refractivity contribution is 5.19. The van der Waals surface area contributed by atoms with E-state index in [1.807, 2.05) is 0 Å². The van der Waals surface area contributed by atoms with Gasteiger partial charge in [-0.1, -0.05) is 27.7 Å². The normalized spacial score (nSPS) is 56.2. The van der Waals surface area contributed by atoms with Crippen molar-refractivity contribution < 1.29 is 0 Å². The van der Waals surface area contributed by atoms with E-state index in [2.05, 4.69) is 33.8 Å². The number of nitrogens with zero attached hydrogens (tertiary/aromatic N) is 1. The molecule has 0 radical (unpaired) electrons. The first kappa shape index (κ1) is 11.6. The Kier molecular flexibility index (Phi) is 2.23. The lowest BCUT2D eigenvalue weighted by molar-refractivity contribution is -0.0839. The Bertz CT molecular complexity index is 379. The molecule has 0 amide bonds. The largest absolute Gasteiger partial charge is 0.198 e. The monoisotopic (exact) mass is 231 g/mol. The van der Waals surface area contributed by atoms with Crippen LogP contribution in [0.5, 0.6) is 0 Å².